The van der Waals surface area contributed by atoms with Crippen molar-refractivity contribution in [3.63, 3.8) is 0 Å². The van der Waals surface area contributed by atoms with Gasteiger partial charge in [-0.15, -0.1) is 0 Å². The second kappa shape index (κ2) is 2.79. The lowest BCUT2D eigenvalue weighted by molar-refractivity contribution is 0.977. The van der Waals surface area contributed by atoms with E-state index in [0.29, 0.717) is 5.82 Å². The molecule has 10 heavy (non-hydrogen) atoms. The molecule has 5 heteroatoms. The van der Waals surface area contributed by atoms with Gasteiger partial charge in [-0.05, 0) is 18.5 Å². The fourth-order valence-corrected chi connectivity index (χ4v) is 0.734. The SMILES string of the molecule is [2H]N(C)c1nc(C)nc(Cl)n1. The summed E-state index contributed by atoms with van der Waals surface area (Å²) in [5.74, 6) is 0.765. The highest BCUT2D eigenvalue weighted by Crippen LogP contribution is 2.03. The molecule has 0 saturated carbocycles. The maximum Gasteiger partial charge on any atom is 0.227 e. The molecule has 0 aliphatic heterocycles. The highest BCUT2D eigenvalue weighted by atomic mass is 35.5. The van der Waals surface area contributed by atoms with E-state index in [-0.39, 0.29) is 11.2 Å². The van der Waals surface area contributed by atoms with Gasteiger partial charge in [0.25, 0.3) is 0 Å². The summed E-state index contributed by atoms with van der Waals surface area (Å²) in [6, 6.07) is 0. The number of aryl methyl sites for hydroxylation is 1. The van der Waals surface area contributed by atoms with Gasteiger partial charge in [0.2, 0.25) is 11.2 Å². The molecule has 0 amide bonds. The molecule has 1 N–H and O–H groups in total. The Kier molecular flexibility index (Phi) is 1.63. The highest BCUT2D eigenvalue weighted by molar-refractivity contribution is 6.28. The first-order valence-corrected chi connectivity index (χ1v) is 3.08. The third-order valence-electron chi connectivity index (χ3n) is 0.908. The Labute approximate surface area is 65.1 Å². The topological polar surface area (TPSA) is 50.7 Å². The Balaban J connectivity index is 3.08. The van der Waals surface area contributed by atoms with Gasteiger partial charge >= 0.3 is 0 Å². The highest BCUT2D eigenvalue weighted by Gasteiger charge is 1.96. The normalized spacial score (nSPS) is 10.9. The number of hydrogen-bond acceptors (Lipinski definition) is 4. The predicted octanol–water partition coefficient (Wildman–Crippen LogP) is 0.875. The molecule has 1 aromatic rings. The maximum absolute atomic E-state index is 7.13. The molecule has 0 saturated heterocycles. The zero-order valence-electron chi connectivity index (χ0n) is 6.67. The molecule has 0 aromatic carbocycles. The number of hydrogen-bond donors (Lipinski definition) is 1. The lowest BCUT2D eigenvalue weighted by Crippen LogP contribution is -1.99. The van der Waals surface area contributed by atoms with Crippen LogP contribution in [0.2, 0.25) is 6.70 Å². The zero-order chi connectivity index (χ0) is 8.43. The number of halogens is 1. The quantitative estimate of drug-likeness (QED) is 0.661. The average molecular weight is 160 g/mol. The molecule has 1 aromatic heterocycles. The maximum atomic E-state index is 7.13. The lowest BCUT2D eigenvalue weighted by atomic mass is 10.7. The Morgan fingerprint density at radius 3 is 2.70 bits per heavy atom. The van der Waals surface area contributed by atoms with E-state index in [0.717, 1.165) is 5.31 Å². The third kappa shape index (κ3) is 1.54. The van der Waals surface area contributed by atoms with Gasteiger partial charge in [0.1, 0.15) is 5.82 Å². The smallest absolute Gasteiger partial charge is 0.227 e. The number of rotatable bonds is 1. The third-order valence-corrected chi connectivity index (χ3v) is 1.08. The van der Waals surface area contributed by atoms with E-state index >= 15 is 0 Å². The van der Waals surface area contributed by atoms with Crippen LogP contribution in [-0.2, 0) is 0 Å². The van der Waals surface area contributed by atoms with E-state index in [2.05, 4.69) is 15.0 Å². The first kappa shape index (κ1) is 5.85. The van der Waals surface area contributed by atoms with Crippen molar-refractivity contribution in [3.8, 4) is 0 Å². The van der Waals surface area contributed by atoms with E-state index in [1.54, 1.807) is 6.92 Å². The molecule has 1 heterocycles. The van der Waals surface area contributed by atoms with Crippen molar-refractivity contribution in [2.24, 2.45) is 0 Å². The minimum atomic E-state index is 0.117. The monoisotopic (exact) mass is 159 g/mol. The van der Waals surface area contributed by atoms with E-state index in [1.165, 1.54) is 7.05 Å². The molecule has 0 radical (unpaired) electrons. The van der Waals surface area contributed by atoms with Crippen molar-refractivity contribution in [1.82, 2.24) is 15.0 Å². The van der Waals surface area contributed by atoms with Crippen LogP contribution in [0.15, 0.2) is 0 Å². The molecule has 4 nitrogen and oxygen atoms in total. The molecule has 0 unspecified atom stereocenters. The molecule has 0 bridgehead atoms. The number of anilines is 1. The molecular weight excluding hydrogens is 152 g/mol. The molecule has 0 atom stereocenters. The standard InChI is InChI=1S/C5H7ClN4/c1-3-8-4(6)10-5(7-2)9-3/h1-2H3,(H,7,8,9,10)/i/hD. The van der Waals surface area contributed by atoms with Gasteiger partial charge in [-0.25, -0.2) is 4.98 Å². The molecule has 54 valence electrons. The van der Waals surface area contributed by atoms with Crippen LogP contribution in [0.1, 0.15) is 5.82 Å². The number of nitrogens with one attached hydrogen (secondary N) is 1. The molecular formula is C5H7ClN4. The van der Waals surface area contributed by atoms with Crippen LogP contribution in [0.25, 0.3) is 0 Å². The average Bonchev–Trinajstić information content (AvgIpc) is 1.85. The van der Waals surface area contributed by atoms with Crippen molar-refractivity contribution in [2.75, 3.05) is 12.4 Å². The largest absolute Gasteiger partial charge is 0.357 e. The van der Waals surface area contributed by atoms with Crippen LogP contribution in [0, 0.1) is 6.92 Å². The number of nitrogens with zero attached hydrogens (tertiary/aromatic N) is 3. The van der Waals surface area contributed by atoms with Crippen LogP contribution in [0.4, 0.5) is 5.95 Å². The van der Waals surface area contributed by atoms with Gasteiger partial charge in [0.15, 0.2) is 1.41 Å². The van der Waals surface area contributed by atoms with Crippen molar-refractivity contribution < 1.29 is 1.41 Å². The Morgan fingerprint density at radius 2 is 2.20 bits per heavy atom. The van der Waals surface area contributed by atoms with Crippen LogP contribution in [0.3, 0.4) is 0 Å². The first-order chi connectivity index (χ1) is 5.09. The van der Waals surface area contributed by atoms with Crippen LogP contribution in [-0.4, -0.2) is 22.0 Å². The van der Waals surface area contributed by atoms with Gasteiger partial charge in [-0.3, -0.25) is 0 Å². The van der Waals surface area contributed by atoms with Crippen molar-refractivity contribution in [2.45, 2.75) is 6.92 Å². The lowest BCUT2D eigenvalue weighted by Gasteiger charge is -1.97. The van der Waals surface area contributed by atoms with Gasteiger partial charge in [0, 0.05) is 7.05 Å². The summed E-state index contributed by atoms with van der Waals surface area (Å²) in [5.41, 5.74) is 0. The summed E-state index contributed by atoms with van der Waals surface area (Å²) in [6.45, 7) is 1.70. The molecule has 0 aliphatic rings. The van der Waals surface area contributed by atoms with Gasteiger partial charge in [-0.2, -0.15) is 9.97 Å². The van der Waals surface area contributed by atoms with Crippen LogP contribution >= 0.6 is 11.6 Å². The van der Waals surface area contributed by atoms with E-state index in [9.17, 15) is 0 Å². The summed E-state index contributed by atoms with van der Waals surface area (Å²) >= 11 is 5.52. The van der Waals surface area contributed by atoms with Crippen molar-refractivity contribution >= 4 is 17.5 Å². The van der Waals surface area contributed by atoms with Gasteiger partial charge in [-0.1, -0.05) is 0 Å². The summed E-state index contributed by atoms with van der Waals surface area (Å²) in [6.07, 6.45) is 0. The second-order valence-corrected chi connectivity index (χ2v) is 2.01. The van der Waals surface area contributed by atoms with Gasteiger partial charge < -0.3 is 5.31 Å². The minimum absolute atomic E-state index is 0.117. The molecule has 1 rings (SSSR count). The van der Waals surface area contributed by atoms with E-state index in [4.69, 9.17) is 13.0 Å². The first-order valence-electron chi connectivity index (χ1n) is 3.15. The Bertz CT molecular complexity index is 244. The predicted molar refractivity (Wildman–Crippen MR) is 39.1 cm³/mol. The van der Waals surface area contributed by atoms with Gasteiger partial charge in [0.05, 0.1) is 0 Å². The fraction of sp³-hybridized carbons (Fsp3) is 0.400. The number of aromatic nitrogens is 3. The van der Waals surface area contributed by atoms with Crippen molar-refractivity contribution in [3.05, 3.63) is 11.1 Å². The molecule has 0 fully saturated rings. The molecule has 0 spiro atoms. The Hall–Kier alpha value is -0.900. The fourth-order valence-electron chi connectivity index (χ4n) is 0.536. The van der Waals surface area contributed by atoms with E-state index < -0.39 is 0 Å². The second-order valence-electron chi connectivity index (χ2n) is 1.68. The molecule has 0 aliphatic carbocycles. The summed E-state index contributed by atoms with van der Waals surface area (Å²) in [4.78, 5) is 11.3. The minimum Gasteiger partial charge on any atom is -0.357 e. The van der Waals surface area contributed by atoms with E-state index in [1.807, 2.05) is 0 Å². The van der Waals surface area contributed by atoms with Crippen LogP contribution < -0.4 is 5.31 Å². The van der Waals surface area contributed by atoms with Crippen LogP contribution in [0.5, 0.6) is 0 Å². The van der Waals surface area contributed by atoms with Crippen molar-refractivity contribution in [1.29, 1.82) is 0 Å². The summed E-state index contributed by atoms with van der Waals surface area (Å²) in [7, 11) is 1.52. The summed E-state index contributed by atoms with van der Waals surface area (Å²) < 4.78 is 7.13. The Morgan fingerprint density at radius 1 is 1.50 bits per heavy atom. The summed E-state index contributed by atoms with van der Waals surface area (Å²) in [5, 5.41) is 1.15. The zero-order valence-corrected chi connectivity index (χ0v) is 6.42.